The summed E-state index contributed by atoms with van der Waals surface area (Å²) < 4.78 is 41.3. The molecule has 0 aliphatic rings. The molecule has 0 aliphatic heterocycles. The lowest BCUT2D eigenvalue weighted by Gasteiger charge is -2.17. The summed E-state index contributed by atoms with van der Waals surface area (Å²) >= 11 is 0. The van der Waals surface area contributed by atoms with Gasteiger partial charge in [-0.3, -0.25) is 0 Å². The first-order valence-electron chi connectivity index (χ1n) is 8.41. The quantitative estimate of drug-likeness (QED) is 0.520. The van der Waals surface area contributed by atoms with Gasteiger partial charge in [0.25, 0.3) is 0 Å². The number of rotatable bonds is 3. The molecule has 1 heterocycles. The lowest BCUT2D eigenvalue weighted by atomic mass is 9.96. The number of halogens is 1. The molecule has 0 aliphatic carbocycles. The van der Waals surface area contributed by atoms with Crippen LogP contribution >= 0.6 is 0 Å². The number of pyridine rings is 1. The van der Waals surface area contributed by atoms with E-state index in [4.69, 9.17) is 23.4 Å². The van der Waals surface area contributed by atoms with Crippen LogP contribution in [0.5, 0.6) is 5.75 Å². The fraction of sp³-hybridized carbons (Fsp3) is 0.143. The van der Waals surface area contributed by atoms with Gasteiger partial charge in [0.2, 0.25) is 5.69 Å². The minimum absolute atomic E-state index is 0.697. The average molecular weight is 415 g/mol. The molecule has 0 fully saturated rings. The van der Waals surface area contributed by atoms with Gasteiger partial charge >= 0.3 is 0 Å². The normalized spacial score (nSPS) is 10.6. The van der Waals surface area contributed by atoms with Gasteiger partial charge in [-0.1, -0.05) is 30.3 Å². The van der Waals surface area contributed by atoms with Gasteiger partial charge in [0, 0.05) is 24.1 Å². The van der Waals surface area contributed by atoms with Crippen molar-refractivity contribution in [1.29, 1.82) is 5.26 Å². The standard InChI is InChI=1S/C21H19N2O.ClHO4/c1-15-20(14-22)19(16-9-11-18(24-3)12-10-16)13-21(23(15)2)17-7-5-4-6-8-17;2-1(3,4)5/h4-13H,1-3H3;(H,2,3,4,5)/q+1;/p-1. The summed E-state index contributed by atoms with van der Waals surface area (Å²) in [6.45, 7) is 1.98. The minimum Gasteiger partial charge on any atom is -0.497 e. The van der Waals surface area contributed by atoms with Crippen LogP contribution in [0.25, 0.3) is 22.4 Å². The van der Waals surface area contributed by atoms with Crippen LogP contribution in [0, 0.1) is 28.5 Å². The van der Waals surface area contributed by atoms with Crippen molar-refractivity contribution < 1.29 is 38.2 Å². The molecule has 2 aromatic carbocycles. The lowest BCUT2D eigenvalue weighted by Crippen LogP contribution is -2.68. The molecule has 0 unspecified atom stereocenters. The highest BCUT2D eigenvalue weighted by atomic mass is 35.7. The van der Waals surface area contributed by atoms with Crippen LogP contribution in [0.4, 0.5) is 0 Å². The number of hydrogen-bond donors (Lipinski definition) is 0. The Hall–Kier alpha value is -2.99. The van der Waals surface area contributed by atoms with Crippen LogP contribution in [0.1, 0.15) is 11.3 Å². The summed E-state index contributed by atoms with van der Waals surface area (Å²) in [4.78, 5) is 0. The predicted octanol–water partition coefficient (Wildman–Crippen LogP) is -0.722. The Bertz CT molecular complexity index is 1000. The van der Waals surface area contributed by atoms with E-state index in [-0.39, 0.29) is 0 Å². The van der Waals surface area contributed by atoms with Crippen LogP contribution in [0.15, 0.2) is 60.7 Å². The van der Waals surface area contributed by atoms with E-state index in [0.29, 0.717) is 5.56 Å². The molecule has 3 aromatic rings. The van der Waals surface area contributed by atoms with Crippen molar-refractivity contribution in [3.8, 4) is 34.2 Å². The maximum absolute atomic E-state index is 9.66. The largest absolute Gasteiger partial charge is 0.497 e. The van der Waals surface area contributed by atoms with E-state index in [9.17, 15) is 5.26 Å². The molecular weight excluding hydrogens is 396 g/mol. The fourth-order valence-electron chi connectivity index (χ4n) is 2.87. The van der Waals surface area contributed by atoms with Crippen molar-refractivity contribution in [1.82, 2.24) is 0 Å². The Morgan fingerprint density at radius 1 is 0.931 bits per heavy atom. The average Bonchev–Trinajstić information content (AvgIpc) is 2.69. The van der Waals surface area contributed by atoms with Crippen molar-refractivity contribution in [2.45, 2.75) is 6.92 Å². The summed E-state index contributed by atoms with van der Waals surface area (Å²) in [6, 6.07) is 22.5. The summed E-state index contributed by atoms with van der Waals surface area (Å²) in [5.41, 5.74) is 5.80. The molecule has 0 spiro atoms. The van der Waals surface area contributed by atoms with Crippen molar-refractivity contribution in [3.63, 3.8) is 0 Å². The SMILES string of the molecule is COc1ccc(-c2cc(-c3ccccc3)[n+](C)c(C)c2C#N)cc1.[O-][Cl+3]([O-])([O-])[O-]. The van der Waals surface area contributed by atoms with Crippen LogP contribution in [-0.2, 0) is 7.05 Å². The molecule has 3 rings (SSSR count). The Morgan fingerprint density at radius 2 is 1.48 bits per heavy atom. The Kier molecular flexibility index (Phi) is 7.29. The second kappa shape index (κ2) is 9.47. The highest BCUT2D eigenvalue weighted by Crippen LogP contribution is 2.29. The second-order valence-electron chi connectivity index (χ2n) is 6.05. The highest BCUT2D eigenvalue weighted by Gasteiger charge is 2.21. The molecule has 0 N–H and O–H groups in total. The minimum atomic E-state index is -4.94. The van der Waals surface area contributed by atoms with E-state index in [2.05, 4.69) is 28.8 Å². The first-order valence-corrected chi connectivity index (χ1v) is 9.64. The van der Waals surface area contributed by atoms with Crippen molar-refractivity contribution in [2.24, 2.45) is 7.05 Å². The predicted molar refractivity (Wildman–Crippen MR) is 94.5 cm³/mol. The molecule has 0 atom stereocenters. The van der Waals surface area contributed by atoms with Gasteiger partial charge in [0.15, 0.2) is 5.69 Å². The van der Waals surface area contributed by atoms with E-state index in [1.54, 1.807) is 7.11 Å². The number of benzene rings is 2. The zero-order valence-corrected chi connectivity index (χ0v) is 16.8. The van der Waals surface area contributed by atoms with Crippen molar-refractivity contribution in [2.75, 3.05) is 7.11 Å². The number of hydrogen-bond acceptors (Lipinski definition) is 6. The third kappa shape index (κ3) is 5.99. The summed E-state index contributed by atoms with van der Waals surface area (Å²) in [6.07, 6.45) is 0. The van der Waals surface area contributed by atoms with Gasteiger partial charge in [-0.05, 0) is 29.8 Å². The Labute approximate surface area is 171 Å². The van der Waals surface area contributed by atoms with Gasteiger partial charge in [0.05, 0.1) is 7.11 Å². The Morgan fingerprint density at radius 3 is 1.97 bits per heavy atom. The molecule has 150 valence electrons. The highest BCUT2D eigenvalue weighted by molar-refractivity contribution is 5.75. The fourth-order valence-corrected chi connectivity index (χ4v) is 2.87. The van der Waals surface area contributed by atoms with Gasteiger partial charge in [0.1, 0.15) is 24.4 Å². The van der Waals surface area contributed by atoms with E-state index >= 15 is 0 Å². The monoisotopic (exact) mass is 414 g/mol. The van der Waals surface area contributed by atoms with Gasteiger partial charge in [-0.25, -0.2) is 18.6 Å². The first kappa shape index (κ1) is 22.3. The van der Waals surface area contributed by atoms with Gasteiger partial charge in [-0.15, -0.1) is 10.2 Å². The molecule has 8 heteroatoms. The van der Waals surface area contributed by atoms with Crippen molar-refractivity contribution >= 4 is 0 Å². The summed E-state index contributed by atoms with van der Waals surface area (Å²) in [7, 11) is -1.30. The molecule has 0 amide bonds. The third-order valence-electron chi connectivity index (χ3n) is 4.36. The molecule has 0 bridgehead atoms. The van der Waals surface area contributed by atoms with Crippen molar-refractivity contribution in [3.05, 3.63) is 71.9 Å². The second-order valence-corrected chi connectivity index (χ2v) is 6.80. The lowest BCUT2D eigenvalue weighted by molar-refractivity contribution is -2.00. The van der Waals surface area contributed by atoms with Crippen LogP contribution in [0.3, 0.4) is 0 Å². The summed E-state index contributed by atoms with van der Waals surface area (Å²) in [5.74, 6) is 0.804. The molecule has 29 heavy (non-hydrogen) atoms. The van der Waals surface area contributed by atoms with Gasteiger partial charge < -0.3 is 4.74 Å². The number of nitrogens with zero attached hydrogens (tertiary/aromatic N) is 2. The number of ether oxygens (including phenoxy) is 1. The smallest absolute Gasteiger partial charge is 0.213 e. The zero-order chi connectivity index (χ0) is 21.6. The number of aromatic nitrogens is 1. The summed E-state index contributed by atoms with van der Waals surface area (Å²) in [5, 5.41) is 9.66. The Balaban J connectivity index is 0.000000537. The topological polar surface area (TPSA) is 129 Å². The maximum atomic E-state index is 9.66. The van der Waals surface area contributed by atoms with Crippen LogP contribution in [0.2, 0.25) is 0 Å². The van der Waals surface area contributed by atoms with E-state index in [1.807, 2.05) is 56.4 Å². The molecule has 0 radical (unpaired) electrons. The van der Waals surface area contributed by atoms with Crippen LogP contribution in [-0.4, -0.2) is 7.11 Å². The van der Waals surface area contributed by atoms with E-state index in [0.717, 1.165) is 33.8 Å². The molecule has 1 aromatic heterocycles. The third-order valence-corrected chi connectivity index (χ3v) is 4.36. The van der Waals surface area contributed by atoms with Crippen LogP contribution < -0.4 is 27.9 Å². The number of nitriles is 1. The molecule has 0 saturated carbocycles. The molecular formula is C21H19ClN2O5. The number of methoxy groups -OCH3 is 1. The maximum Gasteiger partial charge on any atom is 0.213 e. The first-order chi connectivity index (χ1) is 13.7. The molecule has 0 saturated heterocycles. The van der Waals surface area contributed by atoms with E-state index < -0.39 is 10.2 Å². The zero-order valence-electron chi connectivity index (χ0n) is 16.1. The van der Waals surface area contributed by atoms with E-state index in [1.165, 1.54) is 0 Å². The molecule has 7 nitrogen and oxygen atoms in total. The van der Waals surface area contributed by atoms with Gasteiger partial charge in [-0.2, -0.15) is 9.83 Å².